The highest BCUT2D eigenvalue weighted by atomic mass is 16.5. The Labute approximate surface area is 209 Å². The molecule has 3 N–H and O–H groups in total. The molecule has 1 saturated heterocycles. The first-order valence-corrected chi connectivity index (χ1v) is 11.8. The molecule has 0 saturated carbocycles. The Balaban J connectivity index is 1.64. The van der Waals surface area contributed by atoms with Gasteiger partial charge in [-0.05, 0) is 62.4 Å². The second kappa shape index (κ2) is 11.5. The highest BCUT2D eigenvalue weighted by molar-refractivity contribution is 6.06. The molecule has 11 heteroatoms. The molecule has 2 aliphatic heterocycles. The third-order valence-electron chi connectivity index (χ3n) is 5.57. The predicted molar refractivity (Wildman–Crippen MR) is 136 cm³/mol. The van der Waals surface area contributed by atoms with Gasteiger partial charge < -0.3 is 30.2 Å². The normalized spacial score (nSPS) is 17.7. The summed E-state index contributed by atoms with van der Waals surface area (Å²) in [6, 6.07) is 14.0. The van der Waals surface area contributed by atoms with Gasteiger partial charge in [-0.3, -0.25) is 4.90 Å². The third kappa shape index (κ3) is 5.74. The van der Waals surface area contributed by atoms with Crippen LogP contribution in [0.25, 0.3) is 0 Å². The molecule has 2 aliphatic rings. The van der Waals surface area contributed by atoms with E-state index in [9.17, 15) is 9.59 Å². The molecule has 0 bridgehead atoms. The number of carbonyl (C=O) groups excluding carboxylic acids is 2. The number of guanidine groups is 2. The van der Waals surface area contributed by atoms with Crippen molar-refractivity contribution in [2.75, 3.05) is 49.7 Å². The average Bonchev–Trinajstić information content (AvgIpc) is 2.90. The van der Waals surface area contributed by atoms with Crippen LogP contribution in [0.3, 0.4) is 0 Å². The Bertz CT molecular complexity index is 1130. The lowest BCUT2D eigenvalue weighted by Crippen LogP contribution is -2.57. The van der Waals surface area contributed by atoms with E-state index in [-0.39, 0.29) is 17.9 Å². The van der Waals surface area contributed by atoms with E-state index in [4.69, 9.17) is 19.9 Å². The SMILES string of the molecule is CCOC(=O)c1ccc(NC2N=C(N)N=C(N3CCOCC3)N2c2ccc(C(=O)OCC)cc2)cc1. The number of morpholine rings is 1. The number of nitrogens with zero attached hydrogens (tertiary/aromatic N) is 4. The Morgan fingerprint density at radius 1 is 0.972 bits per heavy atom. The van der Waals surface area contributed by atoms with Gasteiger partial charge in [0, 0.05) is 24.5 Å². The molecule has 4 rings (SSSR count). The van der Waals surface area contributed by atoms with E-state index in [1.807, 2.05) is 17.0 Å². The van der Waals surface area contributed by atoms with Crippen molar-refractivity contribution in [2.24, 2.45) is 15.7 Å². The summed E-state index contributed by atoms with van der Waals surface area (Å²) < 4.78 is 15.7. The van der Waals surface area contributed by atoms with E-state index < -0.39 is 6.29 Å². The smallest absolute Gasteiger partial charge is 0.338 e. The fourth-order valence-electron chi connectivity index (χ4n) is 3.86. The summed E-state index contributed by atoms with van der Waals surface area (Å²) in [7, 11) is 0. The maximum atomic E-state index is 12.1. The molecule has 0 aromatic heterocycles. The van der Waals surface area contributed by atoms with Gasteiger partial charge in [-0.1, -0.05) is 0 Å². The first kappa shape index (κ1) is 25.0. The summed E-state index contributed by atoms with van der Waals surface area (Å²) in [4.78, 5) is 37.2. The van der Waals surface area contributed by atoms with Crippen molar-refractivity contribution in [3.05, 3.63) is 59.7 Å². The minimum absolute atomic E-state index is 0.136. The fourth-order valence-corrected chi connectivity index (χ4v) is 3.86. The number of hydrogen-bond donors (Lipinski definition) is 2. The van der Waals surface area contributed by atoms with E-state index >= 15 is 0 Å². The van der Waals surface area contributed by atoms with Gasteiger partial charge in [0.2, 0.25) is 18.2 Å². The molecular formula is C25H30N6O5. The van der Waals surface area contributed by atoms with Crippen LogP contribution in [0.5, 0.6) is 0 Å². The molecule has 0 radical (unpaired) electrons. The van der Waals surface area contributed by atoms with E-state index in [0.29, 0.717) is 56.6 Å². The highest BCUT2D eigenvalue weighted by Gasteiger charge is 2.32. The lowest BCUT2D eigenvalue weighted by atomic mass is 10.2. The summed E-state index contributed by atoms with van der Waals surface area (Å²) in [5, 5.41) is 3.36. The number of esters is 2. The Morgan fingerprint density at radius 3 is 2.08 bits per heavy atom. The van der Waals surface area contributed by atoms with Gasteiger partial charge in [-0.25, -0.2) is 14.6 Å². The monoisotopic (exact) mass is 494 g/mol. The topological polar surface area (TPSA) is 131 Å². The molecule has 0 spiro atoms. The van der Waals surface area contributed by atoms with Gasteiger partial charge in [0.05, 0.1) is 37.6 Å². The van der Waals surface area contributed by atoms with Crippen LogP contribution in [0.4, 0.5) is 11.4 Å². The van der Waals surface area contributed by atoms with Gasteiger partial charge in [0.25, 0.3) is 0 Å². The number of aliphatic imine (C=N–C) groups is 2. The fraction of sp³-hybridized carbons (Fsp3) is 0.360. The summed E-state index contributed by atoms with van der Waals surface area (Å²) in [6.07, 6.45) is -0.637. The lowest BCUT2D eigenvalue weighted by Gasteiger charge is -2.41. The van der Waals surface area contributed by atoms with Gasteiger partial charge in [-0.2, -0.15) is 4.99 Å². The van der Waals surface area contributed by atoms with Crippen LogP contribution >= 0.6 is 0 Å². The van der Waals surface area contributed by atoms with Gasteiger partial charge in [-0.15, -0.1) is 0 Å². The highest BCUT2D eigenvalue weighted by Crippen LogP contribution is 2.25. The van der Waals surface area contributed by atoms with Crippen molar-refractivity contribution in [2.45, 2.75) is 20.1 Å². The zero-order chi connectivity index (χ0) is 25.5. The van der Waals surface area contributed by atoms with Crippen LogP contribution in [-0.2, 0) is 14.2 Å². The molecule has 1 fully saturated rings. The van der Waals surface area contributed by atoms with Crippen molar-refractivity contribution in [1.82, 2.24) is 4.90 Å². The van der Waals surface area contributed by atoms with Crippen molar-refractivity contribution in [3.63, 3.8) is 0 Å². The second-order valence-electron chi connectivity index (χ2n) is 7.95. The maximum absolute atomic E-state index is 12.1. The van der Waals surface area contributed by atoms with Gasteiger partial charge >= 0.3 is 11.9 Å². The zero-order valence-electron chi connectivity index (χ0n) is 20.3. The maximum Gasteiger partial charge on any atom is 0.338 e. The number of rotatable bonds is 7. The molecule has 2 heterocycles. The van der Waals surface area contributed by atoms with E-state index in [1.54, 1.807) is 50.2 Å². The van der Waals surface area contributed by atoms with Crippen molar-refractivity contribution < 1.29 is 23.8 Å². The van der Waals surface area contributed by atoms with E-state index in [0.717, 1.165) is 11.4 Å². The van der Waals surface area contributed by atoms with Crippen LogP contribution in [0.2, 0.25) is 0 Å². The van der Waals surface area contributed by atoms with E-state index in [1.165, 1.54) is 0 Å². The molecule has 36 heavy (non-hydrogen) atoms. The van der Waals surface area contributed by atoms with Crippen LogP contribution in [0.15, 0.2) is 58.5 Å². The van der Waals surface area contributed by atoms with Crippen LogP contribution in [-0.4, -0.2) is 74.6 Å². The molecular weight excluding hydrogens is 464 g/mol. The molecule has 0 aliphatic carbocycles. The number of nitrogens with one attached hydrogen (secondary N) is 1. The van der Waals surface area contributed by atoms with Crippen LogP contribution < -0.4 is 16.0 Å². The number of benzene rings is 2. The van der Waals surface area contributed by atoms with E-state index in [2.05, 4.69) is 20.2 Å². The Hall–Kier alpha value is -4.12. The minimum atomic E-state index is -0.637. The largest absolute Gasteiger partial charge is 0.462 e. The third-order valence-corrected chi connectivity index (χ3v) is 5.57. The number of carbonyl (C=O) groups is 2. The molecule has 1 atom stereocenters. The van der Waals surface area contributed by atoms with Crippen LogP contribution in [0, 0.1) is 0 Å². The summed E-state index contributed by atoms with van der Waals surface area (Å²) >= 11 is 0. The molecule has 190 valence electrons. The predicted octanol–water partition coefficient (Wildman–Crippen LogP) is 2.26. The first-order chi connectivity index (χ1) is 17.5. The molecule has 0 amide bonds. The second-order valence-corrected chi connectivity index (χ2v) is 7.95. The molecule has 11 nitrogen and oxygen atoms in total. The number of ether oxygens (including phenoxy) is 3. The Morgan fingerprint density at radius 2 is 1.53 bits per heavy atom. The molecule has 2 aromatic rings. The number of hydrogen-bond acceptors (Lipinski definition) is 11. The summed E-state index contributed by atoms with van der Waals surface area (Å²) in [5.41, 5.74) is 8.51. The zero-order valence-corrected chi connectivity index (χ0v) is 20.3. The number of anilines is 2. The van der Waals surface area contributed by atoms with Gasteiger partial charge in [0.15, 0.2) is 0 Å². The van der Waals surface area contributed by atoms with Gasteiger partial charge in [0.1, 0.15) is 0 Å². The molecule has 2 aromatic carbocycles. The summed E-state index contributed by atoms with van der Waals surface area (Å²) in [6.45, 7) is 6.56. The number of nitrogens with two attached hydrogens (primary N) is 1. The standard InChI is InChI=1S/C25H30N6O5/c1-3-35-21(32)17-5-9-19(10-6-17)27-24-28-23(26)29-25(30-13-15-34-16-14-30)31(24)20-11-7-18(8-12-20)22(33)36-4-2/h5-12,24,27H,3-4,13-16H2,1-2H3,(H2,26,28). The minimum Gasteiger partial charge on any atom is -0.462 e. The first-order valence-electron chi connectivity index (χ1n) is 11.8. The molecule has 1 unspecified atom stereocenters. The van der Waals surface area contributed by atoms with Crippen molar-refractivity contribution >= 4 is 35.2 Å². The average molecular weight is 495 g/mol. The quantitative estimate of drug-likeness (QED) is 0.557. The lowest BCUT2D eigenvalue weighted by molar-refractivity contribution is 0.0517. The van der Waals surface area contributed by atoms with Crippen LogP contribution in [0.1, 0.15) is 34.6 Å². The summed E-state index contributed by atoms with van der Waals surface area (Å²) in [5.74, 6) is -0.00992. The Kier molecular flexibility index (Phi) is 8.01. The van der Waals surface area contributed by atoms with Crippen molar-refractivity contribution in [3.8, 4) is 0 Å². The van der Waals surface area contributed by atoms with Crippen molar-refractivity contribution in [1.29, 1.82) is 0 Å².